The number of carbonyl (C=O) groups excluding carboxylic acids is 1. The molecule has 1 aromatic heterocycles. The van der Waals surface area contributed by atoms with Crippen LogP contribution in [0.5, 0.6) is 5.75 Å². The van der Waals surface area contributed by atoms with Crippen molar-refractivity contribution in [2.45, 2.75) is 13.5 Å². The van der Waals surface area contributed by atoms with Crippen LogP contribution >= 0.6 is 0 Å². The van der Waals surface area contributed by atoms with Crippen molar-refractivity contribution in [3.63, 3.8) is 0 Å². The molecule has 3 aromatic rings. The van der Waals surface area contributed by atoms with Gasteiger partial charge in [0.2, 0.25) is 0 Å². The van der Waals surface area contributed by atoms with Crippen LogP contribution in [0.3, 0.4) is 0 Å². The summed E-state index contributed by atoms with van der Waals surface area (Å²) in [6.07, 6.45) is 3.70. The largest absolute Gasteiger partial charge is 0.492 e. The zero-order valence-electron chi connectivity index (χ0n) is 16.7. The van der Waals surface area contributed by atoms with E-state index < -0.39 is 0 Å². The third-order valence-corrected chi connectivity index (χ3v) is 5.18. The highest BCUT2D eigenvalue weighted by Gasteiger charge is 2.23. The number of hydrogen-bond acceptors (Lipinski definition) is 4. The molecule has 29 heavy (non-hydrogen) atoms. The Bertz CT molecular complexity index is 930. The van der Waals surface area contributed by atoms with Crippen molar-refractivity contribution >= 4 is 11.6 Å². The van der Waals surface area contributed by atoms with Gasteiger partial charge in [0.25, 0.3) is 5.91 Å². The molecule has 1 saturated heterocycles. The summed E-state index contributed by atoms with van der Waals surface area (Å²) in [7, 11) is 0. The van der Waals surface area contributed by atoms with E-state index in [0.717, 1.165) is 35.7 Å². The van der Waals surface area contributed by atoms with E-state index >= 15 is 0 Å². The lowest BCUT2D eigenvalue weighted by Crippen LogP contribution is -2.48. The third-order valence-electron chi connectivity index (χ3n) is 5.18. The van der Waals surface area contributed by atoms with Crippen molar-refractivity contribution < 1.29 is 9.53 Å². The lowest BCUT2D eigenvalue weighted by molar-refractivity contribution is 0.0746. The number of amides is 1. The van der Waals surface area contributed by atoms with Gasteiger partial charge in [-0.15, -0.1) is 0 Å². The second-order valence-corrected chi connectivity index (χ2v) is 7.08. The van der Waals surface area contributed by atoms with Crippen LogP contribution in [0.2, 0.25) is 0 Å². The predicted molar refractivity (Wildman–Crippen MR) is 113 cm³/mol. The first-order valence-corrected chi connectivity index (χ1v) is 10.1. The number of ether oxygens (including phenoxy) is 1. The Morgan fingerprint density at radius 2 is 1.76 bits per heavy atom. The number of rotatable bonds is 6. The van der Waals surface area contributed by atoms with E-state index in [2.05, 4.69) is 16.1 Å². The van der Waals surface area contributed by atoms with Gasteiger partial charge in [-0.25, -0.2) is 0 Å². The van der Waals surface area contributed by atoms with Crippen LogP contribution in [0.4, 0.5) is 5.69 Å². The fourth-order valence-corrected chi connectivity index (χ4v) is 3.66. The summed E-state index contributed by atoms with van der Waals surface area (Å²) in [5.74, 6) is 0.996. The van der Waals surface area contributed by atoms with Gasteiger partial charge in [-0.3, -0.25) is 9.48 Å². The number of carbonyl (C=O) groups is 1. The number of piperazine rings is 1. The molecule has 0 aliphatic carbocycles. The molecule has 1 fully saturated rings. The van der Waals surface area contributed by atoms with Gasteiger partial charge < -0.3 is 14.5 Å². The molecule has 0 bridgehead atoms. The average Bonchev–Trinajstić information content (AvgIpc) is 3.28. The summed E-state index contributed by atoms with van der Waals surface area (Å²) >= 11 is 0. The normalized spacial score (nSPS) is 14.1. The Morgan fingerprint density at radius 3 is 2.45 bits per heavy atom. The maximum Gasteiger partial charge on any atom is 0.253 e. The highest BCUT2D eigenvalue weighted by molar-refractivity contribution is 5.94. The predicted octanol–water partition coefficient (Wildman–Crippen LogP) is 3.29. The van der Waals surface area contributed by atoms with Crippen LogP contribution in [0.1, 0.15) is 22.8 Å². The highest BCUT2D eigenvalue weighted by atomic mass is 16.5. The van der Waals surface area contributed by atoms with Gasteiger partial charge in [0, 0.05) is 44.1 Å². The number of benzene rings is 2. The molecule has 0 spiro atoms. The molecule has 0 atom stereocenters. The van der Waals surface area contributed by atoms with Gasteiger partial charge in [0.05, 0.1) is 18.8 Å². The van der Waals surface area contributed by atoms with Gasteiger partial charge >= 0.3 is 0 Å². The molecule has 6 heteroatoms. The van der Waals surface area contributed by atoms with E-state index in [9.17, 15) is 4.79 Å². The lowest BCUT2D eigenvalue weighted by atomic mass is 10.1. The number of nitrogens with zero attached hydrogens (tertiary/aromatic N) is 4. The highest BCUT2D eigenvalue weighted by Crippen LogP contribution is 2.29. The zero-order valence-corrected chi connectivity index (χ0v) is 16.7. The van der Waals surface area contributed by atoms with Gasteiger partial charge in [0.15, 0.2) is 0 Å². The molecule has 1 amide bonds. The molecule has 2 heterocycles. The summed E-state index contributed by atoms with van der Waals surface area (Å²) in [4.78, 5) is 17.1. The first-order valence-electron chi connectivity index (χ1n) is 10.1. The molecule has 1 aliphatic heterocycles. The van der Waals surface area contributed by atoms with E-state index in [1.807, 2.05) is 71.2 Å². The topological polar surface area (TPSA) is 50.6 Å². The van der Waals surface area contributed by atoms with E-state index in [0.29, 0.717) is 26.2 Å². The maximum atomic E-state index is 12.9. The molecule has 0 saturated carbocycles. The second kappa shape index (κ2) is 8.82. The monoisotopic (exact) mass is 390 g/mol. The molecule has 150 valence electrons. The van der Waals surface area contributed by atoms with Gasteiger partial charge in [0.1, 0.15) is 5.75 Å². The number of anilines is 1. The molecule has 0 N–H and O–H groups in total. The summed E-state index contributed by atoms with van der Waals surface area (Å²) in [5.41, 5.74) is 2.96. The van der Waals surface area contributed by atoms with Crippen molar-refractivity contribution in [1.29, 1.82) is 0 Å². The molecule has 4 rings (SSSR count). The van der Waals surface area contributed by atoms with E-state index in [1.54, 1.807) is 6.20 Å². The maximum absolute atomic E-state index is 12.9. The lowest BCUT2D eigenvalue weighted by Gasteiger charge is -2.36. The Kier molecular flexibility index (Phi) is 5.79. The second-order valence-electron chi connectivity index (χ2n) is 7.08. The minimum absolute atomic E-state index is 0.0911. The van der Waals surface area contributed by atoms with E-state index in [-0.39, 0.29) is 5.91 Å². The van der Waals surface area contributed by atoms with Crippen LogP contribution in [0.15, 0.2) is 67.0 Å². The van der Waals surface area contributed by atoms with Crippen LogP contribution in [-0.4, -0.2) is 53.4 Å². The van der Waals surface area contributed by atoms with Crippen molar-refractivity contribution in [3.8, 4) is 5.75 Å². The standard InChI is InChI=1S/C23H26N4O2/c1-2-29-22-7-4-3-6-21(22)25-14-16-26(17-15-25)23(28)20-10-8-19(9-11-20)18-27-13-5-12-24-27/h3-13H,2,14-18H2,1H3. The smallest absolute Gasteiger partial charge is 0.253 e. The summed E-state index contributed by atoms with van der Waals surface area (Å²) in [6.45, 7) is 6.35. The van der Waals surface area contributed by atoms with Crippen LogP contribution in [-0.2, 0) is 6.54 Å². The molecule has 0 unspecified atom stereocenters. The number of para-hydroxylation sites is 2. The SMILES string of the molecule is CCOc1ccccc1N1CCN(C(=O)c2ccc(Cn3cccn3)cc2)CC1. The minimum Gasteiger partial charge on any atom is -0.492 e. The first kappa shape index (κ1) is 19.1. The Hall–Kier alpha value is -3.28. The Labute approximate surface area is 171 Å². The van der Waals surface area contributed by atoms with Crippen LogP contribution < -0.4 is 9.64 Å². The average molecular weight is 390 g/mol. The molecule has 1 aliphatic rings. The van der Waals surface area contributed by atoms with Gasteiger partial charge in [-0.1, -0.05) is 24.3 Å². The third kappa shape index (κ3) is 4.42. The quantitative estimate of drug-likeness (QED) is 0.648. The molecule has 6 nitrogen and oxygen atoms in total. The summed E-state index contributed by atoms with van der Waals surface area (Å²) in [6, 6.07) is 17.8. The molecular formula is C23H26N4O2. The van der Waals surface area contributed by atoms with E-state index in [4.69, 9.17) is 4.74 Å². The fraction of sp³-hybridized carbons (Fsp3) is 0.304. The van der Waals surface area contributed by atoms with Crippen molar-refractivity contribution in [3.05, 3.63) is 78.1 Å². The zero-order chi connectivity index (χ0) is 20.1. The Morgan fingerprint density at radius 1 is 1.00 bits per heavy atom. The van der Waals surface area contributed by atoms with Crippen molar-refractivity contribution in [2.24, 2.45) is 0 Å². The van der Waals surface area contributed by atoms with Crippen molar-refractivity contribution in [1.82, 2.24) is 14.7 Å². The molecular weight excluding hydrogens is 364 g/mol. The van der Waals surface area contributed by atoms with Crippen molar-refractivity contribution in [2.75, 3.05) is 37.7 Å². The number of hydrogen-bond donors (Lipinski definition) is 0. The molecule has 2 aromatic carbocycles. The summed E-state index contributed by atoms with van der Waals surface area (Å²) in [5, 5.41) is 4.22. The fourth-order valence-electron chi connectivity index (χ4n) is 3.66. The minimum atomic E-state index is 0.0911. The van der Waals surface area contributed by atoms with Crippen LogP contribution in [0, 0.1) is 0 Å². The van der Waals surface area contributed by atoms with Gasteiger partial charge in [-0.2, -0.15) is 5.10 Å². The molecule has 0 radical (unpaired) electrons. The summed E-state index contributed by atoms with van der Waals surface area (Å²) < 4.78 is 7.63. The van der Waals surface area contributed by atoms with Gasteiger partial charge in [-0.05, 0) is 42.8 Å². The Balaban J connectivity index is 1.36. The first-order chi connectivity index (χ1) is 14.2. The number of aromatic nitrogens is 2. The van der Waals surface area contributed by atoms with E-state index in [1.165, 1.54) is 0 Å². The van der Waals surface area contributed by atoms with Crippen LogP contribution in [0.25, 0.3) is 0 Å².